The van der Waals surface area contributed by atoms with Crippen molar-refractivity contribution in [2.24, 2.45) is 0 Å². The first-order chi connectivity index (χ1) is 13.3. The zero-order chi connectivity index (χ0) is 18.2. The van der Waals surface area contributed by atoms with Gasteiger partial charge in [-0.25, -0.2) is 9.97 Å². The van der Waals surface area contributed by atoms with Gasteiger partial charge in [-0.2, -0.15) is 0 Å². The van der Waals surface area contributed by atoms with Gasteiger partial charge in [0.15, 0.2) is 0 Å². The largest absolute Gasteiger partial charge is 0.330 e. The van der Waals surface area contributed by atoms with Crippen LogP contribution >= 0.6 is 45.8 Å². The van der Waals surface area contributed by atoms with Crippen LogP contribution in [-0.2, 0) is 11.2 Å². The first-order valence-electron chi connectivity index (χ1n) is 8.51. The van der Waals surface area contributed by atoms with E-state index < -0.39 is 0 Å². The molecule has 0 fully saturated rings. The highest BCUT2D eigenvalue weighted by molar-refractivity contribution is 8.00. The molecule has 5 heterocycles. The Kier molecular flexibility index (Phi) is 4.73. The van der Waals surface area contributed by atoms with Crippen LogP contribution in [0.25, 0.3) is 10.2 Å². The molecule has 0 aromatic carbocycles. The van der Waals surface area contributed by atoms with E-state index in [0.717, 1.165) is 28.2 Å². The summed E-state index contributed by atoms with van der Waals surface area (Å²) in [6.07, 6.45) is 2.52. The number of aromatic nitrogens is 2. The summed E-state index contributed by atoms with van der Waals surface area (Å²) in [5.41, 5.74) is 2.23. The third-order valence-corrected chi connectivity index (χ3v) is 8.58. The Balaban J connectivity index is 1.40. The van der Waals surface area contributed by atoms with Crippen molar-refractivity contribution in [3.63, 3.8) is 0 Å². The highest BCUT2D eigenvalue weighted by Crippen LogP contribution is 2.40. The third kappa shape index (κ3) is 3.20. The normalized spacial score (nSPS) is 16.6. The summed E-state index contributed by atoms with van der Waals surface area (Å²) < 4.78 is 1.06. The summed E-state index contributed by atoms with van der Waals surface area (Å²) in [5, 5.41) is 7.13. The number of hydrogen-bond acceptors (Lipinski definition) is 7. The van der Waals surface area contributed by atoms with Crippen LogP contribution in [-0.4, -0.2) is 33.1 Å². The summed E-state index contributed by atoms with van der Waals surface area (Å²) in [6.45, 7) is 0.771. The molecule has 0 saturated heterocycles. The highest BCUT2D eigenvalue weighted by atomic mass is 32.2. The fraction of sp³-hybridized carbons (Fsp3) is 0.211. The summed E-state index contributed by atoms with van der Waals surface area (Å²) in [4.78, 5) is 26.5. The lowest BCUT2D eigenvalue weighted by atomic mass is 9.98. The molecule has 0 bridgehead atoms. The van der Waals surface area contributed by atoms with E-state index in [-0.39, 0.29) is 11.9 Å². The lowest BCUT2D eigenvalue weighted by Gasteiger charge is -2.35. The Morgan fingerprint density at radius 3 is 2.96 bits per heavy atom. The van der Waals surface area contributed by atoms with Crippen molar-refractivity contribution in [2.75, 3.05) is 12.3 Å². The first-order valence-corrected chi connectivity index (χ1v) is 12.1. The maximum atomic E-state index is 13.2. The van der Waals surface area contributed by atoms with Crippen molar-refractivity contribution in [2.45, 2.75) is 17.5 Å². The first kappa shape index (κ1) is 17.4. The number of thioether (sulfide) groups is 1. The molecule has 0 spiro atoms. The number of carbonyl (C=O) groups is 1. The van der Waals surface area contributed by atoms with Gasteiger partial charge in [0.25, 0.3) is 0 Å². The second kappa shape index (κ2) is 7.35. The number of thiophene rings is 3. The molecule has 0 radical (unpaired) electrons. The van der Waals surface area contributed by atoms with E-state index in [4.69, 9.17) is 0 Å². The lowest BCUT2D eigenvalue weighted by Crippen LogP contribution is -2.40. The highest BCUT2D eigenvalue weighted by Gasteiger charge is 2.33. The average molecular weight is 430 g/mol. The Bertz CT molecular complexity index is 1090. The number of fused-ring (bicyclic) bond motifs is 2. The van der Waals surface area contributed by atoms with Crippen molar-refractivity contribution in [3.05, 3.63) is 62.1 Å². The van der Waals surface area contributed by atoms with Crippen LogP contribution in [0, 0.1) is 0 Å². The van der Waals surface area contributed by atoms with Gasteiger partial charge in [0.2, 0.25) is 5.91 Å². The molecule has 0 saturated carbocycles. The summed E-state index contributed by atoms with van der Waals surface area (Å²) in [6, 6.07) is 8.40. The van der Waals surface area contributed by atoms with Crippen LogP contribution in [0.3, 0.4) is 0 Å². The molecule has 0 aliphatic carbocycles. The quantitative estimate of drug-likeness (QED) is 0.335. The fourth-order valence-electron chi connectivity index (χ4n) is 3.42. The standard InChI is InChI=1S/C19H15N3OS4/c23-16(10-27-19-18-13(5-9-26-18)20-11-21-19)22-6-3-14-12(4-8-25-14)17(22)15-2-1-7-24-15/h1-2,4-5,7-9,11,17H,3,6,10H2/t17-/m0/s1. The number of nitrogens with zero attached hydrogens (tertiary/aromatic N) is 3. The Labute approximate surface area is 172 Å². The van der Waals surface area contributed by atoms with Gasteiger partial charge < -0.3 is 4.90 Å². The smallest absolute Gasteiger partial charge is 0.233 e. The molecule has 1 amide bonds. The van der Waals surface area contributed by atoms with Crippen LogP contribution in [0.1, 0.15) is 21.4 Å². The van der Waals surface area contributed by atoms with Gasteiger partial charge in [0.05, 0.1) is 22.0 Å². The minimum absolute atomic E-state index is 0.0419. The van der Waals surface area contributed by atoms with Gasteiger partial charge in [-0.1, -0.05) is 17.8 Å². The van der Waals surface area contributed by atoms with Crippen LogP contribution in [0.15, 0.2) is 51.8 Å². The SMILES string of the molecule is O=C(CSc1ncnc2ccsc12)N1CCc2sccc2[C@H]1c1cccs1. The molecular weight excluding hydrogens is 414 g/mol. The molecule has 0 N–H and O–H groups in total. The zero-order valence-corrected chi connectivity index (χ0v) is 17.5. The molecule has 27 heavy (non-hydrogen) atoms. The Morgan fingerprint density at radius 1 is 1.15 bits per heavy atom. The molecule has 5 rings (SSSR count). The zero-order valence-electron chi connectivity index (χ0n) is 14.2. The van der Waals surface area contributed by atoms with Crippen molar-refractivity contribution in [1.29, 1.82) is 0 Å². The van der Waals surface area contributed by atoms with Crippen LogP contribution in [0.5, 0.6) is 0 Å². The molecule has 4 nitrogen and oxygen atoms in total. The Hall–Kier alpha value is -1.74. The molecule has 1 atom stereocenters. The monoisotopic (exact) mass is 429 g/mol. The predicted molar refractivity (Wildman–Crippen MR) is 114 cm³/mol. The van der Waals surface area contributed by atoms with Crippen molar-refractivity contribution < 1.29 is 4.79 Å². The van der Waals surface area contributed by atoms with E-state index in [1.54, 1.807) is 40.3 Å². The molecule has 0 unspecified atom stereocenters. The predicted octanol–water partition coefficient (Wildman–Crippen LogP) is 5.08. The second-order valence-electron chi connectivity index (χ2n) is 6.16. The third-order valence-electron chi connectivity index (χ3n) is 4.64. The van der Waals surface area contributed by atoms with E-state index in [2.05, 4.69) is 38.9 Å². The van der Waals surface area contributed by atoms with Crippen molar-refractivity contribution >= 4 is 61.9 Å². The van der Waals surface area contributed by atoms with E-state index in [9.17, 15) is 4.79 Å². The summed E-state index contributed by atoms with van der Waals surface area (Å²) in [5.74, 6) is 0.560. The fourth-order valence-corrected chi connectivity index (χ4v) is 7.01. The number of rotatable bonds is 4. The molecule has 4 aromatic rings. The van der Waals surface area contributed by atoms with E-state index in [1.807, 2.05) is 16.3 Å². The molecule has 4 aromatic heterocycles. The van der Waals surface area contributed by atoms with Gasteiger partial charge in [0.1, 0.15) is 11.4 Å². The molecule has 1 aliphatic rings. The minimum atomic E-state index is 0.0419. The van der Waals surface area contributed by atoms with Crippen molar-refractivity contribution in [1.82, 2.24) is 14.9 Å². The van der Waals surface area contributed by atoms with Crippen LogP contribution in [0.2, 0.25) is 0 Å². The minimum Gasteiger partial charge on any atom is -0.330 e. The van der Waals surface area contributed by atoms with Crippen LogP contribution < -0.4 is 0 Å². The summed E-state index contributed by atoms with van der Waals surface area (Å²) >= 11 is 6.66. The topological polar surface area (TPSA) is 46.1 Å². The average Bonchev–Trinajstić information content (AvgIpc) is 3.46. The maximum absolute atomic E-state index is 13.2. The van der Waals surface area contributed by atoms with Gasteiger partial charge >= 0.3 is 0 Å². The lowest BCUT2D eigenvalue weighted by molar-refractivity contribution is -0.130. The Morgan fingerprint density at radius 2 is 2.07 bits per heavy atom. The maximum Gasteiger partial charge on any atom is 0.233 e. The van der Waals surface area contributed by atoms with Gasteiger partial charge in [-0.15, -0.1) is 34.0 Å². The van der Waals surface area contributed by atoms with Gasteiger partial charge in [-0.3, -0.25) is 4.79 Å². The second-order valence-corrected chi connectivity index (χ2v) is 10.0. The van der Waals surface area contributed by atoms with Gasteiger partial charge in [-0.05, 0) is 46.3 Å². The molecular formula is C19H15N3OS4. The molecule has 1 aliphatic heterocycles. The van der Waals surface area contributed by atoms with E-state index in [0.29, 0.717) is 5.75 Å². The van der Waals surface area contributed by atoms with E-state index in [1.165, 1.54) is 27.1 Å². The molecule has 136 valence electrons. The number of hydrogen-bond donors (Lipinski definition) is 0. The number of carbonyl (C=O) groups excluding carboxylic acids is 1. The molecule has 8 heteroatoms. The van der Waals surface area contributed by atoms with Crippen molar-refractivity contribution in [3.8, 4) is 0 Å². The summed E-state index contributed by atoms with van der Waals surface area (Å²) in [7, 11) is 0. The number of amides is 1. The van der Waals surface area contributed by atoms with Gasteiger partial charge in [0, 0.05) is 16.3 Å². The van der Waals surface area contributed by atoms with Crippen LogP contribution in [0.4, 0.5) is 0 Å². The van der Waals surface area contributed by atoms with E-state index >= 15 is 0 Å².